The van der Waals surface area contributed by atoms with Crippen LogP contribution in [0.25, 0.3) is 0 Å². The number of benzene rings is 2. The summed E-state index contributed by atoms with van der Waals surface area (Å²) in [5, 5.41) is 12.5. The zero-order valence-electron chi connectivity index (χ0n) is 12.1. The van der Waals surface area contributed by atoms with E-state index in [2.05, 4.69) is 23.5 Å². The van der Waals surface area contributed by atoms with E-state index in [9.17, 15) is 0 Å². The summed E-state index contributed by atoms with van der Waals surface area (Å²) in [5.41, 5.74) is 4.38. The minimum Gasteiger partial charge on any atom is -0.497 e. The Balaban J connectivity index is 1.86. The van der Waals surface area contributed by atoms with Crippen molar-refractivity contribution in [1.82, 2.24) is 0 Å². The molecule has 21 heavy (non-hydrogen) atoms. The van der Waals surface area contributed by atoms with Gasteiger partial charge in [0.1, 0.15) is 5.75 Å². The molecule has 0 aromatic heterocycles. The second-order valence-corrected chi connectivity index (χ2v) is 5.35. The van der Waals surface area contributed by atoms with Gasteiger partial charge in [0.25, 0.3) is 0 Å². The molecule has 3 rings (SSSR count). The van der Waals surface area contributed by atoms with E-state index < -0.39 is 0 Å². The lowest BCUT2D eigenvalue weighted by Crippen LogP contribution is -2.17. The molecule has 106 valence electrons. The first-order chi connectivity index (χ1) is 10.3. The lowest BCUT2D eigenvalue weighted by Gasteiger charge is -2.27. The van der Waals surface area contributed by atoms with Crippen LogP contribution < -0.4 is 10.1 Å². The highest BCUT2D eigenvalue weighted by molar-refractivity contribution is 5.52. The van der Waals surface area contributed by atoms with E-state index in [1.807, 2.05) is 30.3 Å². The number of rotatable bonds is 3. The van der Waals surface area contributed by atoms with Gasteiger partial charge in [-0.2, -0.15) is 5.26 Å². The molecule has 1 aliphatic rings. The molecule has 1 N–H and O–H groups in total. The van der Waals surface area contributed by atoms with E-state index in [1.54, 1.807) is 7.11 Å². The summed E-state index contributed by atoms with van der Waals surface area (Å²) in [5.74, 6) is 0.917. The molecule has 0 aliphatic heterocycles. The summed E-state index contributed by atoms with van der Waals surface area (Å²) in [6.45, 7) is 0. The van der Waals surface area contributed by atoms with Crippen molar-refractivity contribution >= 4 is 5.69 Å². The van der Waals surface area contributed by atoms with Gasteiger partial charge in [-0.15, -0.1) is 0 Å². The van der Waals surface area contributed by atoms with Gasteiger partial charge in [0.2, 0.25) is 0 Å². The number of nitrogens with one attached hydrogen (secondary N) is 1. The monoisotopic (exact) mass is 278 g/mol. The predicted octanol–water partition coefficient (Wildman–Crippen LogP) is 4.06. The van der Waals surface area contributed by atoms with Crippen molar-refractivity contribution in [2.24, 2.45) is 0 Å². The van der Waals surface area contributed by atoms with Crippen molar-refractivity contribution in [2.75, 3.05) is 12.4 Å². The Morgan fingerprint density at radius 2 is 2.14 bits per heavy atom. The van der Waals surface area contributed by atoms with Crippen molar-refractivity contribution in [2.45, 2.75) is 25.3 Å². The molecular formula is C18H18N2O. The van der Waals surface area contributed by atoms with E-state index in [0.29, 0.717) is 11.6 Å². The highest BCUT2D eigenvalue weighted by atomic mass is 16.5. The lowest BCUT2D eigenvalue weighted by atomic mass is 9.87. The Labute approximate surface area is 125 Å². The molecule has 3 nitrogen and oxygen atoms in total. The van der Waals surface area contributed by atoms with Gasteiger partial charge in [-0.05, 0) is 60.7 Å². The number of hydrogen-bond donors (Lipinski definition) is 1. The van der Waals surface area contributed by atoms with Crippen LogP contribution in [0.1, 0.15) is 35.6 Å². The molecule has 0 radical (unpaired) electrons. The van der Waals surface area contributed by atoms with Gasteiger partial charge in [-0.1, -0.05) is 12.1 Å². The summed E-state index contributed by atoms with van der Waals surface area (Å²) < 4.78 is 5.31. The SMILES string of the molecule is COc1ccc2c(c1)CCCC2Nc1cccc(C#N)c1. The molecule has 0 spiro atoms. The van der Waals surface area contributed by atoms with Gasteiger partial charge >= 0.3 is 0 Å². The fraction of sp³-hybridized carbons (Fsp3) is 0.278. The summed E-state index contributed by atoms with van der Waals surface area (Å²) in [6, 6.07) is 16.4. The smallest absolute Gasteiger partial charge is 0.119 e. The van der Waals surface area contributed by atoms with E-state index in [4.69, 9.17) is 10.00 Å². The van der Waals surface area contributed by atoms with Crippen LogP contribution in [-0.4, -0.2) is 7.11 Å². The van der Waals surface area contributed by atoms with Crippen LogP contribution >= 0.6 is 0 Å². The normalized spacial score (nSPS) is 16.7. The van der Waals surface area contributed by atoms with Crippen LogP contribution in [0.15, 0.2) is 42.5 Å². The molecular weight excluding hydrogens is 260 g/mol. The largest absolute Gasteiger partial charge is 0.497 e. The second kappa shape index (κ2) is 5.88. The van der Waals surface area contributed by atoms with Crippen molar-refractivity contribution in [3.63, 3.8) is 0 Å². The quantitative estimate of drug-likeness (QED) is 0.921. The van der Waals surface area contributed by atoms with Gasteiger partial charge in [-0.3, -0.25) is 0 Å². The molecule has 0 saturated heterocycles. The maximum Gasteiger partial charge on any atom is 0.119 e. The number of hydrogen-bond acceptors (Lipinski definition) is 3. The number of nitriles is 1. The molecule has 0 saturated carbocycles. The molecule has 0 bridgehead atoms. The molecule has 0 fully saturated rings. The Morgan fingerprint density at radius 1 is 1.24 bits per heavy atom. The van der Waals surface area contributed by atoms with Crippen LogP contribution in [0.2, 0.25) is 0 Å². The lowest BCUT2D eigenvalue weighted by molar-refractivity contribution is 0.413. The van der Waals surface area contributed by atoms with Crippen molar-refractivity contribution in [3.05, 3.63) is 59.2 Å². The third-order valence-electron chi connectivity index (χ3n) is 4.00. The highest BCUT2D eigenvalue weighted by Gasteiger charge is 2.20. The summed E-state index contributed by atoms with van der Waals surface area (Å²) in [4.78, 5) is 0. The fourth-order valence-corrected chi connectivity index (χ4v) is 2.95. The van der Waals surface area contributed by atoms with Crippen molar-refractivity contribution in [1.29, 1.82) is 5.26 Å². The standard InChI is InChI=1S/C18H18N2O/c1-21-16-8-9-17-14(11-16)5-3-7-18(17)20-15-6-2-4-13(10-15)12-19/h2,4,6,8-11,18,20H,3,5,7H2,1H3. The van der Waals surface area contributed by atoms with Gasteiger partial charge < -0.3 is 10.1 Å². The second-order valence-electron chi connectivity index (χ2n) is 5.35. The van der Waals surface area contributed by atoms with E-state index >= 15 is 0 Å². The van der Waals surface area contributed by atoms with E-state index in [0.717, 1.165) is 30.7 Å². The van der Waals surface area contributed by atoms with Crippen LogP contribution in [-0.2, 0) is 6.42 Å². The van der Waals surface area contributed by atoms with Crippen LogP contribution in [0.3, 0.4) is 0 Å². The van der Waals surface area contributed by atoms with Crippen LogP contribution in [0, 0.1) is 11.3 Å². The third kappa shape index (κ3) is 2.85. The predicted molar refractivity (Wildman–Crippen MR) is 83.5 cm³/mol. The molecule has 2 aromatic rings. The molecule has 1 unspecified atom stereocenters. The zero-order chi connectivity index (χ0) is 14.7. The molecule has 3 heteroatoms. The number of fused-ring (bicyclic) bond motifs is 1. The summed E-state index contributed by atoms with van der Waals surface area (Å²) >= 11 is 0. The zero-order valence-corrected chi connectivity index (χ0v) is 12.1. The number of nitrogens with zero attached hydrogens (tertiary/aromatic N) is 1. The number of methoxy groups -OCH3 is 1. The third-order valence-corrected chi connectivity index (χ3v) is 4.00. The van der Waals surface area contributed by atoms with Gasteiger partial charge in [-0.25, -0.2) is 0 Å². The summed E-state index contributed by atoms with van der Waals surface area (Å²) in [6.07, 6.45) is 3.37. The molecule has 0 heterocycles. The Kier molecular flexibility index (Phi) is 3.79. The molecule has 1 atom stereocenters. The fourth-order valence-electron chi connectivity index (χ4n) is 2.95. The Morgan fingerprint density at radius 3 is 2.95 bits per heavy atom. The molecule has 2 aromatic carbocycles. The average Bonchev–Trinajstić information content (AvgIpc) is 2.55. The molecule has 1 aliphatic carbocycles. The van der Waals surface area contributed by atoms with Crippen LogP contribution in [0.5, 0.6) is 5.75 Å². The highest BCUT2D eigenvalue weighted by Crippen LogP contribution is 2.34. The van der Waals surface area contributed by atoms with Crippen molar-refractivity contribution < 1.29 is 4.74 Å². The first-order valence-electron chi connectivity index (χ1n) is 7.23. The van der Waals surface area contributed by atoms with Gasteiger partial charge in [0.05, 0.1) is 24.8 Å². The number of anilines is 1. The number of ether oxygens (including phenoxy) is 1. The number of aryl methyl sites for hydroxylation is 1. The first-order valence-corrected chi connectivity index (χ1v) is 7.23. The van der Waals surface area contributed by atoms with E-state index in [1.165, 1.54) is 11.1 Å². The van der Waals surface area contributed by atoms with Crippen molar-refractivity contribution in [3.8, 4) is 11.8 Å². The Hall–Kier alpha value is -2.47. The first kappa shape index (κ1) is 13.5. The van der Waals surface area contributed by atoms with Gasteiger partial charge in [0.15, 0.2) is 0 Å². The minimum atomic E-state index is 0.300. The maximum absolute atomic E-state index is 8.99. The minimum absolute atomic E-state index is 0.300. The topological polar surface area (TPSA) is 45.0 Å². The summed E-state index contributed by atoms with van der Waals surface area (Å²) in [7, 11) is 1.70. The Bertz CT molecular complexity index is 688. The molecule has 0 amide bonds. The maximum atomic E-state index is 8.99. The van der Waals surface area contributed by atoms with Crippen LogP contribution in [0.4, 0.5) is 5.69 Å². The van der Waals surface area contributed by atoms with E-state index in [-0.39, 0.29) is 0 Å². The average molecular weight is 278 g/mol. The van der Waals surface area contributed by atoms with Gasteiger partial charge in [0, 0.05) is 5.69 Å².